The third-order valence-corrected chi connectivity index (χ3v) is 3.72. The molecule has 1 heterocycles. The number of carbonyl (C=O) groups excluding carboxylic acids is 1. The van der Waals surface area contributed by atoms with Gasteiger partial charge in [-0.15, -0.1) is 0 Å². The van der Waals surface area contributed by atoms with Crippen molar-refractivity contribution in [2.45, 2.75) is 0 Å². The molecular weight excluding hydrogens is 312 g/mol. The summed E-state index contributed by atoms with van der Waals surface area (Å²) in [6, 6.07) is 18.5. The molecule has 0 saturated carbocycles. The van der Waals surface area contributed by atoms with Crippen molar-refractivity contribution >= 4 is 23.7 Å². The van der Waals surface area contributed by atoms with Gasteiger partial charge in [0.1, 0.15) is 5.75 Å². The van der Waals surface area contributed by atoms with Gasteiger partial charge in [-0.25, -0.2) is 0 Å². The Balaban J connectivity index is 1.78. The van der Waals surface area contributed by atoms with E-state index in [9.17, 15) is 4.79 Å². The largest absolute Gasteiger partial charge is 0.497 e. The number of rotatable bonds is 5. The Morgan fingerprint density at radius 1 is 0.960 bits per heavy atom. The van der Waals surface area contributed by atoms with Crippen molar-refractivity contribution in [2.24, 2.45) is 0 Å². The van der Waals surface area contributed by atoms with Crippen LogP contribution < -0.4 is 10.1 Å². The summed E-state index contributed by atoms with van der Waals surface area (Å²) in [4.78, 5) is 16.5. The highest BCUT2D eigenvalue weighted by Crippen LogP contribution is 2.20. The van der Waals surface area contributed by atoms with Crippen molar-refractivity contribution < 1.29 is 9.53 Å². The number of hydrogen-bond acceptors (Lipinski definition) is 3. The molecule has 124 valence electrons. The molecule has 0 aliphatic rings. The van der Waals surface area contributed by atoms with Crippen LogP contribution in [0.2, 0.25) is 0 Å². The van der Waals surface area contributed by atoms with Gasteiger partial charge < -0.3 is 10.1 Å². The molecule has 0 bridgehead atoms. The summed E-state index contributed by atoms with van der Waals surface area (Å²) in [5, 5.41) is 2.96. The van der Waals surface area contributed by atoms with Gasteiger partial charge in [-0.1, -0.05) is 30.4 Å². The second kappa shape index (κ2) is 7.93. The minimum absolute atomic E-state index is 0.160. The average Bonchev–Trinajstić information content (AvgIpc) is 2.68. The van der Waals surface area contributed by atoms with Crippen LogP contribution in [0.1, 0.15) is 21.5 Å². The van der Waals surface area contributed by atoms with E-state index in [1.165, 1.54) is 0 Å². The fourth-order valence-electron chi connectivity index (χ4n) is 2.35. The van der Waals surface area contributed by atoms with Gasteiger partial charge in [-0.05, 0) is 53.6 Å². The van der Waals surface area contributed by atoms with Crippen molar-refractivity contribution in [1.82, 2.24) is 4.98 Å². The number of benzene rings is 2. The van der Waals surface area contributed by atoms with Crippen LogP contribution >= 0.6 is 0 Å². The number of nitrogens with zero attached hydrogens (tertiary/aromatic N) is 1. The smallest absolute Gasteiger partial charge is 0.255 e. The third kappa shape index (κ3) is 4.32. The molecule has 3 rings (SSSR count). The topological polar surface area (TPSA) is 51.2 Å². The number of methoxy groups -OCH3 is 1. The Morgan fingerprint density at radius 2 is 1.68 bits per heavy atom. The lowest BCUT2D eigenvalue weighted by atomic mass is 10.1. The highest BCUT2D eigenvalue weighted by Gasteiger charge is 2.08. The SMILES string of the molecule is COc1ccc(C(=O)Nc2ccccc2C=Cc2ccncc2)cc1. The summed E-state index contributed by atoms with van der Waals surface area (Å²) in [5.41, 5.74) is 3.31. The number of ether oxygens (including phenoxy) is 1. The molecule has 0 fully saturated rings. The van der Waals surface area contributed by atoms with Crippen LogP contribution in [-0.4, -0.2) is 18.0 Å². The number of carbonyl (C=O) groups is 1. The van der Waals surface area contributed by atoms with E-state index in [1.807, 2.05) is 48.6 Å². The molecule has 4 heteroatoms. The lowest BCUT2D eigenvalue weighted by molar-refractivity contribution is 0.102. The quantitative estimate of drug-likeness (QED) is 0.748. The number of aromatic nitrogens is 1. The Morgan fingerprint density at radius 3 is 2.40 bits per heavy atom. The van der Waals surface area contributed by atoms with Gasteiger partial charge in [0.15, 0.2) is 0 Å². The normalized spacial score (nSPS) is 10.6. The summed E-state index contributed by atoms with van der Waals surface area (Å²) >= 11 is 0. The van der Waals surface area contributed by atoms with Gasteiger partial charge in [0.05, 0.1) is 7.11 Å². The second-order valence-electron chi connectivity index (χ2n) is 5.38. The molecule has 1 amide bonds. The molecule has 2 aromatic carbocycles. The zero-order valence-corrected chi connectivity index (χ0v) is 13.8. The van der Waals surface area contributed by atoms with E-state index in [0.717, 1.165) is 22.6 Å². The molecule has 1 N–H and O–H groups in total. The summed E-state index contributed by atoms with van der Waals surface area (Å²) < 4.78 is 5.12. The minimum Gasteiger partial charge on any atom is -0.497 e. The second-order valence-corrected chi connectivity index (χ2v) is 5.38. The standard InChI is InChI=1S/C21H18N2O2/c1-25-19-10-8-18(9-11-19)21(24)23-20-5-3-2-4-17(20)7-6-16-12-14-22-15-13-16/h2-15H,1H3,(H,23,24). The van der Waals surface area contributed by atoms with Crippen LogP contribution in [0.3, 0.4) is 0 Å². The van der Waals surface area contributed by atoms with Gasteiger partial charge in [-0.3, -0.25) is 9.78 Å². The summed E-state index contributed by atoms with van der Waals surface area (Å²) in [5.74, 6) is 0.560. The Bertz CT molecular complexity index is 872. The zero-order chi connectivity index (χ0) is 17.5. The number of nitrogens with one attached hydrogen (secondary N) is 1. The molecule has 3 aromatic rings. The number of amides is 1. The van der Waals surface area contributed by atoms with E-state index >= 15 is 0 Å². The van der Waals surface area contributed by atoms with Crippen LogP contribution in [0.5, 0.6) is 5.75 Å². The summed E-state index contributed by atoms with van der Waals surface area (Å²) in [6.45, 7) is 0. The summed E-state index contributed by atoms with van der Waals surface area (Å²) in [7, 11) is 1.60. The summed E-state index contributed by atoms with van der Waals surface area (Å²) in [6.07, 6.45) is 7.45. The van der Waals surface area contributed by atoms with Crippen LogP contribution in [0.15, 0.2) is 73.1 Å². The molecule has 0 radical (unpaired) electrons. The van der Waals surface area contributed by atoms with E-state index < -0.39 is 0 Å². The maximum absolute atomic E-state index is 12.5. The number of hydrogen-bond donors (Lipinski definition) is 1. The molecule has 4 nitrogen and oxygen atoms in total. The van der Waals surface area contributed by atoms with Crippen molar-refractivity contribution in [3.63, 3.8) is 0 Å². The van der Waals surface area contributed by atoms with Crippen LogP contribution in [0.25, 0.3) is 12.2 Å². The van der Waals surface area contributed by atoms with E-state index in [0.29, 0.717) is 5.56 Å². The van der Waals surface area contributed by atoms with Crippen LogP contribution in [-0.2, 0) is 0 Å². The molecule has 0 saturated heterocycles. The van der Waals surface area contributed by atoms with Crippen molar-refractivity contribution in [3.05, 3.63) is 89.7 Å². The Labute approximate surface area is 146 Å². The number of para-hydroxylation sites is 1. The fraction of sp³-hybridized carbons (Fsp3) is 0.0476. The first-order valence-electron chi connectivity index (χ1n) is 7.89. The van der Waals surface area contributed by atoms with Crippen LogP contribution in [0, 0.1) is 0 Å². The van der Waals surface area contributed by atoms with Gasteiger partial charge in [0, 0.05) is 23.6 Å². The highest BCUT2D eigenvalue weighted by atomic mass is 16.5. The van der Waals surface area contributed by atoms with Crippen molar-refractivity contribution in [3.8, 4) is 5.75 Å². The molecule has 0 atom stereocenters. The van der Waals surface area contributed by atoms with Crippen molar-refractivity contribution in [2.75, 3.05) is 12.4 Å². The minimum atomic E-state index is -0.160. The van der Waals surface area contributed by atoms with E-state index in [-0.39, 0.29) is 5.91 Å². The highest BCUT2D eigenvalue weighted by molar-refractivity contribution is 6.05. The molecule has 0 aliphatic heterocycles. The van der Waals surface area contributed by atoms with Gasteiger partial charge in [-0.2, -0.15) is 0 Å². The van der Waals surface area contributed by atoms with Crippen LogP contribution in [0.4, 0.5) is 5.69 Å². The maximum Gasteiger partial charge on any atom is 0.255 e. The maximum atomic E-state index is 12.5. The Kier molecular flexibility index (Phi) is 5.22. The first kappa shape index (κ1) is 16.5. The van der Waals surface area contributed by atoms with Gasteiger partial charge in [0.2, 0.25) is 0 Å². The predicted octanol–water partition coefficient (Wildman–Crippen LogP) is 4.51. The van der Waals surface area contributed by atoms with E-state index in [2.05, 4.69) is 10.3 Å². The lowest BCUT2D eigenvalue weighted by Gasteiger charge is -2.09. The lowest BCUT2D eigenvalue weighted by Crippen LogP contribution is -2.12. The number of anilines is 1. The monoisotopic (exact) mass is 330 g/mol. The molecule has 0 unspecified atom stereocenters. The molecule has 25 heavy (non-hydrogen) atoms. The Hall–Kier alpha value is -3.40. The van der Waals surface area contributed by atoms with E-state index in [1.54, 1.807) is 43.8 Å². The number of pyridine rings is 1. The molecular formula is C21H18N2O2. The molecule has 0 spiro atoms. The predicted molar refractivity (Wildman–Crippen MR) is 101 cm³/mol. The molecule has 0 aliphatic carbocycles. The first-order valence-corrected chi connectivity index (χ1v) is 7.89. The molecule has 1 aromatic heterocycles. The van der Waals surface area contributed by atoms with Crippen molar-refractivity contribution in [1.29, 1.82) is 0 Å². The van der Waals surface area contributed by atoms with Gasteiger partial charge >= 0.3 is 0 Å². The average molecular weight is 330 g/mol. The zero-order valence-electron chi connectivity index (χ0n) is 13.8. The van der Waals surface area contributed by atoms with E-state index in [4.69, 9.17) is 4.74 Å². The fourth-order valence-corrected chi connectivity index (χ4v) is 2.35. The third-order valence-electron chi connectivity index (χ3n) is 3.72. The van der Waals surface area contributed by atoms with Gasteiger partial charge in [0.25, 0.3) is 5.91 Å². The first-order chi connectivity index (χ1) is 12.3.